The first-order valence-corrected chi connectivity index (χ1v) is 8.70. The monoisotopic (exact) mass is 290 g/mol. The van der Waals surface area contributed by atoms with Crippen molar-refractivity contribution in [2.75, 3.05) is 11.6 Å². The van der Waals surface area contributed by atoms with E-state index in [-0.39, 0.29) is 11.9 Å². The summed E-state index contributed by atoms with van der Waals surface area (Å²) in [4.78, 5) is 13.6. The quantitative estimate of drug-likeness (QED) is 0.840. The number of hydrogen-bond donors (Lipinski definition) is 2. The van der Waals surface area contributed by atoms with Crippen molar-refractivity contribution in [3.05, 3.63) is 24.3 Å². The molecule has 3 atom stereocenters. The molecule has 1 aliphatic carbocycles. The highest BCUT2D eigenvalue weighted by atomic mass is 32.2. The van der Waals surface area contributed by atoms with Gasteiger partial charge in [0.1, 0.15) is 0 Å². The van der Waals surface area contributed by atoms with Gasteiger partial charge in [-0.2, -0.15) is 0 Å². The summed E-state index contributed by atoms with van der Waals surface area (Å²) in [5.74, 6) is 0.830. The predicted octanol–water partition coefficient (Wildman–Crippen LogP) is 3.27. The molecule has 3 rings (SSSR count). The Kier molecular flexibility index (Phi) is 4.32. The van der Waals surface area contributed by atoms with Gasteiger partial charge in [-0.15, -0.1) is 11.8 Å². The number of thioether (sulfide) groups is 1. The van der Waals surface area contributed by atoms with Crippen LogP contribution in [-0.4, -0.2) is 24.2 Å². The van der Waals surface area contributed by atoms with E-state index in [9.17, 15) is 4.79 Å². The maximum absolute atomic E-state index is 12.4. The van der Waals surface area contributed by atoms with Gasteiger partial charge in [-0.3, -0.25) is 4.79 Å². The SMILES string of the molecule is CSc1ccccc1NC(=O)C1CC2CCCCC2N1. The highest BCUT2D eigenvalue weighted by Gasteiger charge is 2.38. The summed E-state index contributed by atoms with van der Waals surface area (Å²) in [6.07, 6.45) is 8.17. The average Bonchev–Trinajstić information content (AvgIpc) is 2.92. The third kappa shape index (κ3) is 2.86. The molecule has 0 spiro atoms. The van der Waals surface area contributed by atoms with Gasteiger partial charge in [-0.05, 0) is 43.6 Å². The fraction of sp³-hybridized carbons (Fsp3) is 0.562. The number of para-hydroxylation sites is 1. The van der Waals surface area contributed by atoms with Gasteiger partial charge < -0.3 is 10.6 Å². The van der Waals surface area contributed by atoms with Gasteiger partial charge in [0.15, 0.2) is 0 Å². The molecule has 3 nitrogen and oxygen atoms in total. The lowest BCUT2D eigenvalue weighted by Gasteiger charge is -2.24. The van der Waals surface area contributed by atoms with Crippen LogP contribution in [-0.2, 0) is 4.79 Å². The minimum atomic E-state index is -0.0157. The summed E-state index contributed by atoms with van der Waals surface area (Å²) >= 11 is 1.66. The summed E-state index contributed by atoms with van der Waals surface area (Å²) < 4.78 is 0. The molecule has 2 N–H and O–H groups in total. The van der Waals surface area contributed by atoms with Crippen molar-refractivity contribution in [3.8, 4) is 0 Å². The standard InChI is InChI=1S/C16H22N2OS/c1-20-15-9-5-4-8-13(15)18-16(19)14-10-11-6-2-3-7-12(11)17-14/h4-5,8-9,11-12,14,17H,2-3,6-7,10H2,1H3,(H,18,19). The molecular weight excluding hydrogens is 268 g/mol. The van der Waals surface area contributed by atoms with E-state index in [1.54, 1.807) is 11.8 Å². The molecule has 3 unspecified atom stereocenters. The molecule has 20 heavy (non-hydrogen) atoms. The Morgan fingerprint density at radius 2 is 2.10 bits per heavy atom. The zero-order chi connectivity index (χ0) is 13.9. The molecule has 1 saturated carbocycles. The van der Waals surface area contributed by atoms with Crippen LogP contribution in [0.2, 0.25) is 0 Å². The van der Waals surface area contributed by atoms with Crippen LogP contribution in [0, 0.1) is 5.92 Å². The summed E-state index contributed by atoms with van der Waals surface area (Å²) in [6.45, 7) is 0. The van der Waals surface area contributed by atoms with Crippen LogP contribution in [0.25, 0.3) is 0 Å². The van der Waals surface area contributed by atoms with Gasteiger partial charge in [-0.1, -0.05) is 25.0 Å². The van der Waals surface area contributed by atoms with Crippen molar-refractivity contribution in [3.63, 3.8) is 0 Å². The molecule has 1 heterocycles. The number of rotatable bonds is 3. The van der Waals surface area contributed by atoms with Crippen molar-refractivity contribution in [1.82, 2.24) is 5.32 Å². The highest BCUT2D eigenvalue weighted by Crippen LogP contribution is 2.34. The fourth-order valence-corrected chi connectivity index (χ4v) is 4.04. The number of anilines is 1. The van der Waals surface area contributed by atoms with Gasteiger partial charge >= 0.3 is 0 Å². The summed E-state index contributed by atoms with van der Waals surface area (Å²) in [6, 6.07) is 8.54. The molecule has 0 aromatic heterocycles. The molecule has 108 valence electrons. The van der Waals surface area contributed by atoms with E-state index in [4.69, 9.17) is 0 Å². The van der Waals surface area contributed by atoms with E-state index in [1.165, 1.54) is 25.7 Å². The van der Waals surface area contributed by atoms with E-state index in [2.05, 4.69) is 10.6 Å². The number of benzene rings is 1. The predicted molar refractivity (Wildman–Crippen MR) is 84.1 cm³/mol. The van der Waals surface area contributed by atoms with Crippen LogP contribution in [0.4, 0.5) is 5.69 Å². The summed E-state index contributed by atoms with van der Waals surface area (Å²) in [5, 5.41) is 6.62. The van der Waals surface area contributed by atoms with Crippen LogP contribution >= 0.6 is 11.8 Å². The molecule has 4 heteroatoms. The van der Waals surface area contributed by atoms with Gasteiger partial charge in [-0.25, -0.2) is 0 Å². The fourth-order valence-electron chi connectivity index (χ4n) is 3.49. The Morgan fingerprint density at radius 3 is 2.90 bits per heavy atom. The van der Waals surface area contributed by atoms with E-state index in [1.807, 2.05) is 30.5 Å². The maximum Gasteiger partial charge on any atom is 0.241 e. The first kappa shape index (κ1) is 14.0. The molecule has 2 fully saturated rings. The van der Waals surface area contributed by atoms with Gasteiger partial charge in [0, 0.05) is 10.9 Å². The van der Waals surface area contributed by atoms with Crippen molar-refractivity contribution >= 4 is 23.4 Å². The van der Waals surface area contributed by atoms with Crippen LogP contribution in [0.3, 0.4) is 0 Å². The van der Waals surface area contributed by atoms with E-state index in [0.717, 1.165) is 17.0 Å². The average molecular weight is 290 g/mol. The van der Waals surface area contributed by atoms with Crippen molar-refractivity contribution < 1.29 is 4.79 Å². The maximum atomic E-state index is 12.4. The van der Waals surface area contributed by atoms with E-state index in [0.29, 0.717) is 12.0 Å². The topological polar surface area (TPSA) is 41.1 Å². The zero-order valence-electron chi connectivity index (χ0n) is 11.9. The number of carbonyl (C=O) groups excluding carboxylic acids is 1. The largest absolute Gasteiger partial charge is 0.324 e. The second kappa shape index (κ2) is 6.19. The number of carbonyl (C=O) groups is 1. The second-order valence-electron chi connectivity index (χ2n) is 5.80. The molecule has 1 aromatic carbocycles. The van der Waals surface area contributed by atoms with Gasteiger partial charge in [0.25, 0.3) is 0 Å². The molecule has 0 radical (unpaired) electrons. The first-order valence-electron chi connectivity index (χ1n) is 7.48. The molecular formula is C16H22N2OS. The van der Waals surface area contributed by atoms with Crippen LogP contribution < -0.4 is 10.6 Å². The van der Waals surface area contributed by atoms with E-state index >= 15 is 0 Å². The van der Waals surface area contributed by atoms with Gasteiger partial charge in [0.05, 0.1) is 11.7 Å². The van der Waals surface area contributed by atoms with Crippen molar-refractivity contribution in [2.24, 2.45) is 5.92 Å². The third-order valence-electron chi connectivity index (χ3n) is 4.54. The van der Waals surface area contributed by atoms with Crippen LogP contribution in [0.5, 0.6) is 0 Å². The smallest absolute Gasteiger partial charge is 0.241 e. The molecule has 1 saturated heterocycles. The Hall–Kier alpha value is -1.00. The van der Waals surface area contributed by atoms with Crippen LogP contribution in [0.1, 0.15) is 32.1 Å². The van der Waals surface area contributed by atoms with Crippen LogP contribution in [0.15, 0.2) is 29.2 Å². The minimum Gasteiger partial charge on any atom is -0.324 e. The minimum absolute atomic E-state index is 0.0157. The number of amides is 1. The van der Waals surface area contributed by atoms with Crippen molar-refractivity contribution in [1.29, 1.82) is 0 Å². The molecule has 1 aliphatic heterocycles. The Morgan fingerprint density at radius 1 is 1.30 bits per heavy atom. The lowest BCUT2D eigenvalue weighted by molar-refractivity contribution is -0.117. The molecule has 1 amide bonds. The number of nitrogens with one attached hydrogen (secondary N) is 2. The third-order valence-corrected chi connectivity index (χ3v) is 5.34. The summed E-state index contributed by atoms with van der Waals surface area (Å²) in [5.41, 5.74) is 0.932. The normalized spacial score (nSPS) is 28.9. The number of fused-ring (bicyclic) bond motifs is 1. The Balaban J connectivity index is 1.65. The number of hydrogen-bond acceptors (Lipinski definition) is 3. The zero-order valence-corrected chi connectivity index (χ0v) is 12.7. The Labute approximate surface area is 124 Å². The lowest BCUT2D eigenvalue weighted by Crippen LogP contribution is -2.39. The Bertz CT molecular complexity index is 477. The summed E-state index contributed by atoms with van der Waals surface area (Å²) in [7, 11) is 0. The second-order valence-corrected chi connectivity index (χ2v) is 6.64. The highest BCUT2D eigenvalue weighted by molar-refractivity contribution is 7.98. The molecule has 2 aliphatic rings. The molecule has 1 aromatic rings. The van der Waals surface area contributed by atoms with Crippen molar-refractivity contribution in [2.45, 2.75) is 49.1 Å². The van der Waals surface area contributed by atoms with Gasteiger partial charge in [0.2, 0.25) is 5.91 Å². The first-order chi connectivity index (χ1) is 9.78. The van der Waals surface area contributed by atoms with E-state index < -0.39 is 0 Å². The lowest BCUT2D eigenvalue weighted by atomic mass is 9.85. The molecule has 0 bridgehead atoms.